The molecule has 3 amide bonds. The summed E-state index contributed by atoms with van der Waals surface area (Å²) in [6, 6.07) is 6.42. The molecule has 1 aromatic carbocycles. The zero-order valence-electron chi connectivity index (χ0n) is 22.0. The molecule has 0 aromatic heterocycles. The molecule has 202 valence electrons. The summed E-state index contributed by atoms with van der Waals surface area (Å²) < 4.78 is 5.06. The molecule has 1 aromatic rings. The van der Waals surface area contributed by atoms with Gasteiger partial charge in [-0.2, -0.15) is 0 Å². The van der Waals surface area contributed by atoms with E-state index in [1.54, 1.807) is 24.3 Å². The Morgan fingerprint density at radius 1 is 0.889 bits per heavy atom. The minimum atomic E-state index is -1.08. The van der Waals surface area contributed by atoms with E-state index in [1.807, 2.05) is 33.8 Å². The van der Waals surface area contributed by atoms with Gasteiger partial charge in [0.05, 0.1) is 12.6 Å². The Bertz CT molecular complexity index is 831. The molecule has 0 aliphatic carbocycles. The number of anilines is 1. The fraction of sp³-hybridized carbons (Fsp3) is 0.615. The van der Waals surface area contributed by atoms with Gasteiger partial charge in [0.1, 0.15) is 12.1 Å². The van der Waals surface area contributed by atoms with Crippen LogP contribution < -0.4 is 21.3 Å². The van der Waals surface area contributed by atoms with E-state index in [0.29, 0.717) is 44.5 Å². The van der Waals surface area contributed by atoms with Gasteiger partial charge in [0, 0.05) is 12.2 Å². The Hall–Kier alpha value is -3.14. The van der Waals surface area contributed by atoms with Gasteiger partial charge < -0.3 is 25.8 Å². The average Bonchev–Trinajstić information content (AvgIpc) is 2.81. The van der Waals surface area contributed by atoms with Gasteiger partial charge in [-0.1, -0.05) is 45.9 Å². The highest BCUT2D eigenvalue weighted by atomic mass is 16.5. The predicted molar refractivity (Wildman–Crippen MR) is 139 cm³/mol. The fourth-order valence-corrected chi connectivity index (χ4v) is 3.35. The molecule has 10 heteroatoms. The number of carboxylic acids is 1. The lowest BCUT2D eigenvalue weighted by Gasteiger charge is -2.25. The molecule has 0 radical (unpaired) electrons. The van der Waals surface area contributed by atoms with Crippen molar-refractivity contribution in [3.05, 3.63) is 30.3 Å². The van der Waals surface area contributed by atoms with Crippen LogP contribution in [0.1, 0.15) is 60.3 Å². The summed E-state index contributed by atoms with van der Waals surface area (Å²) in [5.41, 5.74) is 0.624. The van der Waals surface area contributed by atoms with Crippen LogP contribution in [0.25, 0.3) is 0 Å². The zero-order valence-corrected chi connectivity index (χ0v) is 22.0. The van der Waals surface area contributed by atoms with E-state index in [9.17, 15) is 24.3 Å². The van der Waals surface area contributed by atoms with Crippen LogP contribution in [-0.4, -0.2) is 60.3 Å². The molecule has 0 saturated carbocycles. The van der Waals surface area contributed by atoms with E-state index in [-0.39, 0.29) is 17.7 Å². The van der Waals surface area contributed by atoms with Crippen LogP contribution in [0, 0.1) is 11.8 Å². The quantitative estimate of drug-likeness (QED) is 0.217. The molecule has 0 bridgehead atoms. The molecule has 0 heterocycles. The lowest BCUT2D eigenvalue weighted by Crippen LogP contribution is -2.54. The second kappa shape index (κ2) is 16.5. The number of ether oxygens (including phenoxy) is 1. The van der Waals surface area contributed by atoms with Crippen LogP contribution in [0.5, 0.6) is 0 Å². The second-order valence-corrected chi connectivity index (χ2v) is 9.74. The van der Waals surface area contributed by atoms with Crippen molar-refractivity contribution < 1.29 is 29.0 Å². The Morgan fingerprint density at radius 3 is 2.14 bits per heavy atom. The molecule has 0 fully saturated rings. The number of nitrogens with one attached hydrogen (secondary N) is 4. The van der Waals surface area contributed by atoms with Crippen molar-refractivity contribution >= 4 is 29.6 Å². The van der Waals surface area contributed by atoms with Gasteiger partial charge in [0.25, 0.3) is 0 Å². The summed E-state index contributed by atoms with van der Waals surface area (Å²) in [5.74, 6) is -1.48. The highest BCUT2D eigenvalue weighted by molar-refractivity contribution is 5.97. The number of hydrogen-bond acceptors (Lipinski definition) is 6. The van der Waals surface area contributed by atoms with Crippen LogP contribution in [0.3, 0.4) is 0 Å². The molecule has 3 atom stereocenters. The predicted octanol–water partition coefficient (Wildman–Crippen LogP) is 3.14. The molecule has 0 spiro atoms. The third-order valence-electron chi connectivity index (χ3n) is 5.26. The van der Waals surface area contributed by atoms with Gasteiger partial charge in [-0.15, -0.1) is 0 Å². The molecule has 1 rings (SSSR count). The maximum absolute atomic E-state index is 13.1. The van der Waals surface area contributed by atoms with E-state index in [0.717, 1.165) is 0 Å². The number of carbonyl (C=O) groups excluding carboxylic acids is 3. The van der Waals surface area contributed by atoms with Gasteiger partial charge in [-0.25, -0.2) is 4.79 Å². The third kappa shape index (κ3) is 13.1. The first kappa shape index (κ1) is 30.9. The monoisotopic (exact) mass is 506 g/mol. The van der Waals surface area contributed by atoms with Crippen molar-refractivity contribution in [3.8, 4) is 0 Å². The van der Waals surface area contributed by atoms with Crippen molar-refractivity contribution in [1.29, 1.82) is 0 Å². The number of aliphatic carboxylic acids is 1. The molecule has 0 aliphatic heterocycles. The molecular weight excluding hydrogens is 464 g/mol. The number of carboxylic acid groups (broad SMARTS) is 1. The number of hydrogen-bond donors (Lipinski definition) is 5. The number of unbranched alkanes of at least 4 members (excludes halogenated alkanes) is 1. The second-order valence-electron chi connectivity index (χ2n) is 9.74. The normalized spacial score (nSPS) is 13.5. The lowest BCUT2D eigenvalue weighted by atomic mass is 10.0. The Kier molecular flexibility index (Phi) is 14.2. The lowest BCUT2D eigenvalue weighted by molar-refractivity contribution is -0.139. The number of alkyl carbamates (subject to hydrolysis) is 1. The Morgan fingerprint density at radius 2 is 1.56 bits per heavy atom. The topological polar surface area (TPSA) is 146 Å². The Labute approximate surface area is 213 Å². The van der Waals surface area contributed by atoms with E-state index in [1.165, 1.54) is 6.92 Å². The number of benzene rings is 1. The number of carbonyl (C=O) groups is 4. The standard InChI is InChI=1S/C26H42N4O6/c1-17(2)15-22(24(32)29-20-11-7-6-8-12-20)30-23(31)21(28-19(5)25(33)34)13-9-10-14-27-26(35)36-16-18(3)4/h6-8,11-12,17-19,21-22,28H,9-10,13-16H2,1-5H3,(H,27,35)(H,29,32)(H,30,31)(H,33,34)/t19-,21+,22+/m1/s1. The average molecular weight is 507 g/mol. The van der Waals surface area contributed by atoms with Gasteiger partial charge >= 0.3 is 12.1 Å². The first-order valence-corrected chi connectivity index (χ1v) is 12.5. The van der Waals surface area contributed by atoms with E-state index in [4.69, 9.17) is 4.74 Å². The smallest absolute Gasteiger partial charge is 0.407 e. The van der Waals surface area contributed by atoms with Crippen molar-refractivity contribution in [2.24, 2.45) is 11.8 Å². The fourth-order valence-electron chi connectivity index (χ4n) is 3.35. The Balaban J connectivity index is 2.74. The molecule has 36 heavy (non-hydrogen) atoms. The summed E-state index contributed by atoms with van der Waals surface area (Å²) in [6.07, 6.45) is 1.40. The van der Waals surface area contributed by atoms with Crippen LogP contribution in [0.15, 0.2) is 30.3 Å². The summed E-state index contributed by atoms with van der Waals surface area (Å²) in [6.45, 7) is 9.96. The van der Waals surface area contributed by atoms with Crippen molar-refractivity contribution in [1.82, 2.24) is 16.0 Å². The molecule has 0 unspecified atom stereocenters. The van der Waals surface area contributed by atoms with Crippen molar-refractivity contribution in [2.75, 3.05) is 18.5 Å². The zero-order chi connectivity index (χ0) is 27.1. The van der Waals surface area contributed by atoms with Crippen LogP contribution in [0.4, 0.5) is 10.5 Å². The summed E-state index contributed by atoms with van der Waals surface area (Å²) in [5, 5.41) is 20.4. The maximum atomic E-state index is 13.1. The largest absolute Gasteiger partial charge is 0.480 e. The third-order valence-corrected chi connectivity index (χ3v) is 5.26. The van der Waals surface area contributed by atoms with Crippen LogP contribution >= 0.6 is 0 Å². The summed E-state index contributed by atoms with van der Waals surface area (Å²) in [7, 11) is 0. The van der Waals surface area contributed by atoms with Gasteiger partial charge in [-0.05, 0) is 56.6 Å². The van der Waals surface area contributed by atoms with Crippen LogP contribution in [0.2, 0.25) is 0 Å². The molecule has 0 aliphatic rings. The van der Waals surface area contributed by atoms with Gasteiger partial charge in [0.2, 0.25) is 11.8 Å². The first-order chi connectivity index (χ1) is 17.0. The van der Waals surface area contributed by atoms with E-state index >= 15 is 0 Å². The summed E-state index contributed by atoms with van der Waals surface area (Å²) in [4.78, 5) is 49.1. The highest BCUT2D eigenvalue weighted by Gasteiger charge is 2.28. The SMILES string of the molecule is CC(C)COC(=O)NCCCC[C@H](N[C@H](C)C(=O)O)C(=O)N[C@@H](CC(C)C)C(=O)Nc1ccccc1. The minimum absolute atomic E-state index is 0.141. The number of amides is 3. The molecule has 0 saturated heterocycles. The molecular formula is C26H42N4O6. The summed E-state index contributed by atoms with van der Waals surface area (Å²) >= 11 is 0. The van der Waals surface area contributed by atoms with E-state index < -0.39 is 36.1 Å². The minimum Gasteiger partial charge on any atom is -0.480 e. The van der Waals surface area contributed by atoms with Crippen LogP contribution in [-0.2, 0) is 19.1 Å². The van der Waals surface area contributed by atoms with Crippen molar-refractivity contribution in [2.45, 2.75) is 78.4 Å². The van der Waals surface area contributed by atoms with Gasteiger partial charge in [-0.3, -0.25) is 19.7 Å². The molecule has 5 N–H and O–H groups in total. The van der Waals surface area contributed by atoms with Crippen molar-refractivity contribution in [3.63, 3.8) is 0 Å². The molecule has 10 nitrogen and oxygen atoms in total. The number of para-hydroxylation sites is 1. The maximum Gasteiger partial charge on any atom is 0.407 e. The van der Waals surface area contributed by atoms with Gasteiger partial charge in [0.15, 0.2) is 0 Å². The first-order valence-electron chi connectivity index (χ1n) is 12.5. The highest BCUT2D eigenvalue weighted by Crippen LogP contribution is 2.11. The number of rotatable bonds is 16. The van der Waals surface area contributed by atoms with E-state index in [2.05, 4.69) is 21.3 Å².